The third-order valence-electron chi connectivity index (χ3n) is 7.25. The van der Waals surface area contributed by atoms with Crippen LogP contribution in [0.25, 0.3) is 10.9 Å². The number of benzene rings is 2. The molecule has 1 aliphatic carbocycles. The summed E-state index contributed by atoms with van der Waals surface area (Å²) in [7, 11) is 0. The predicted molar refractivity (Wildman–Crippen MR) is 135 cm³/mol. The molecule has 1 aliphatic rings. The Balaban J connectivity index is 1.58. The van der Waals surface area contributed by atoms with Crippen LogP contribution in [-0.4, -0.2) is 39.5 Å². The highest BCUT2D eigenvalue weighted by atomic mass is 35.5. The predicted octanol–water partition coefficient (Wildman–Crippen LogP) is 4.44. The van der Waals surface area contributed by atoms with E-state index < -0.39 is 53.2 Å². The standard InChI is InChI=1S/C27H27ClF3N3O4/c1-3-13(2)23(33-22(35)8-14-4-5-15(29)11-20(14)31)25(36)34-27(26(37)38)7-6-21-18(12-27)17-9-16(30)10-19(28)24(17)32-21/h4-5,9-11,13,23,32H,3,6-8,12H2,1-2H3,(H,33,35)(H,34,36)(H,37,38). The molecule has 7 nitrogen and oxygen atoms in total. The first-order valence-corrected chi connectivity index (χ1v) is 12.6. The number of aromatic nitrogens is 1. The number of aromatic amines is 1. The lowest BCUT2D eigenvalue weighted by Crippen LogP contribution is -2.62. The lowest BCUT2D eigenvalue weighted by atomic mass is 9.79. The fraction of sp³-hybridized carbons (Fsp3) is 0.370. The Hall–Kier alpha value is -3.53. The van der Waals surface area contributed by atoms with Crippen molar-refractivity contribution in [1.82, 2.24) is 15.6 Å². The van der Waals surface area contributed by atoms with Crippen LogP contribution < -0.4 is 10.6 Å². The van der Waals surface area contributed by atoms with Crippen molar-refractivity contribution in [2.75, 3.05) is 0 Å². The molecular formula is C27H27ClF3N3O4. The summed E-state index contributed by atoms with van der Waals surface area (Å²) < 4.78 is 41.3. The van der Waals surface area contributed by atoms with Gasteiger partial charge < -0.3 is 20.7 Å². The Bertz CT molecular complexity index is 1430. The topological polar surface area (TPSA) is 111 Å². The summed E-state index contributed by atoms with van der Waals surface area (Å²) in [5.74, 6) is -5.27. The van der Waals surface area contributed by atoms with E-state index in [0.29, 0.717) is 34.6 Å². The molecule has 0 fully saturated rings. The minimum absolute atomic E-state index is 0.0424. The van der Waals surface area contributed by atoms with Gasteiger partial charge in [-0.25, -0.2) is 18.0 Å². The van der Waals surface area contributed by atoms with Gasteiger partial charge in [0.2, 0.25) is 11.8 Å². The molecule has 3 aromatic rings. The van der Waals surface area contributed by atoms with Gasteiger partial charge in [-0.3, -0.25) is 9.59 Å². The van der Waals surface area contributed by atoms with Crippen molar-refractivity contribution in [3.63, 3.8) is 0 Å². The van der Waals surface area contributed by atoms with Crippen molar-refractivity contribution in [3.8, 4) is 0 Å². The quantitative estimate of drug-likeness (QED) is 0.333. The molecule has 0 bridgehead atoms. The molecule has 2 aromatic carbocycles. The molecule has 4 N–H and O–H groups in total. The molecular weight excluding hydrogens is 523 g/mol. The summed E-state index contributed by atoms with van der Waals surface area (Å²) in [5.41, 5.74) is -0.00192. The SMILES string of the molecule is CCC(C)C(NC(=O)Cc1ccc(F)cc1F)C(=O)NC1(C(=O)O)CCc2[nH]c3c(Cl)cc(F)cc3c2C1. The second kappa shape index (κ2) is 10.7. The van der Waals surface area contributed by atoms with Crippen LogP contribution in [0.5, 0.6) is 0 Å². The molecule has 0 radical (unpaired) electrons. The Morgan fingerprint density at radius 2 is 1.89 bits per heavy atom. The van der Waals surface area contributed by atoms with Gasteiger partial charge in [0, 0.05) is 23.6 Å². The maximum atomic E-state index is 14.1. The van der Waals surface area contributed by atoms with Gasteiger partial charge in [0.05, 0.1) is 17.0 Å². The lowest BCUT2D eigenvalue weighted by molar-refractivity contribution is -0.149. The van der Waals surface area contributed by atoms with Crippen molar-refractivity contribution in [1.29, 1.82) is 0 Å². The van der Waals surface area contributed by atoms with Crippen molar-refractivity contribution < 1.29 is 32.7 Å². The second-order valence-corrected chi connectivity index (χ2v) is 10.2. The monoisotopic (exact) mass is 549 g/mol. The first-order valence-electron chi connectivity index (χ1n) is 12.2. The van der Waals surface area contributed by atoms with E-state index in [0.717, 1.165) is 18.2 Å². The zero-order valence-electron chi connectivity index (χ0n) is 20.8. The number of amides is 2. The van der Waals surface area contributed by atoms with E-state index >= 15 is 0 Å². The number of carbonyl (C=O) groups excluding carboxylic acids is 2. The number of aryl methyl sites for hydroxylation is 1. The summed E-state index contributed by atoms with van der Waals surface area (Å²) in [6, 6.07) is 4.17. The number of H-pyrrole nitrogens is 1. The molecule has 0 aliphatic heterocycles. The van der Waals surface area contributed by atoms with Crippen molar-refractivity contribution in [3.05, 3.63) is 69.6 Å². The number of carbonyl (C=O) groups is 3. The van der Waals surface area contributed by atoms with Gasteiger partial charge in [0.15, 0.2) is 0 Å². The molecule has 0 saturated heterocycles. The number of hydrogen-bond acceptors (Lipinski definition) is 3. The number of carboxylic acid groups (broad SMARTS) is 1. The maximum Gasteiger partial charge on any atom is 0.329 e. The molecule has 0 spiro atoms. The van der Waals surface area contributed by atoms with Crippen LogP contribution in [-0.2, 0) is 33.6 Å². The van der Waals surface area contributed by atoms with Crippen LogP contribution in [0, 0.1) is 23.4 Å². The van der Waals surface area contributed by atoms with Gasteiger partial charge in [-0.2, -0.15) is 0 Å². The van der Waals surface area contributed by atoms with E-state index in [1.807, 2.05) is 0 Å². The van der Waals surface area contributed by atoms with Gasteiger partial charge >= 0.3 is 5.97 Å². The maximum absolute atomic E-state index is 14.1. The molecule has 38 heavy (non-hydrogen) atoms. The van der Waals surface area contributed by atoms with E-state index in [9.17, 15) is 32.7 Å². The van der Waals surface area contributed by atoms with Gasteiger partial charge in [0.1, 0.15) is 29.0 Å². The summed E-state index contributed by atoms with van der Waals surface area (Å²) in [6.45, 7) is 3.53. The molecule has 2 amide bonds. The Labute approximate surface area is 221 Å². The fourth-order valence-electron chi connectivity index (χ4n) is 4.89. The highest BCUT2D eigenvalue weighted by Crippen LogP contribution is 2.37. The van der Waals surface area contributed by atoms with Gasteiger partial charge in [-0.15, -0.1) is 0 Å². The van der Waals surface area contributed by atoms with E-state index in [2.05, 4.69) is 15.6 Å². The van der Waals surface area contributed by atoms with E-state index in [-0.39, 0.29) is 35.8 Å². The third-order valence-corrected chi connectivity index (χ3v) is 7.55. The number of carboxylic acids is 1. The van der Waals surface area contributed by atoms with Crippen molar-refractivity contribution in [2.24, 2.45) is 5.92 Å². The molecule has 1 heterocycles. The number of hydrogen-bond donors (Lipinski definition) is 4. The minimum atomic E-state index is -1.71. The van der Waals surface area contributed by atoms with Crippen LogP contribution in [0.4, 0.5) is 13.2 Å². The van der Waals surface area contributed by atoms with Crippen LogP contribution in [0.15, 0.2) is 30.3 Å². The molecule has 1 aromatic heterocycles. The van der Waals surface area contributed by atoms with Crippen LogP contribution in [0.2, 0.25) is 5.02 Å². The third kappa shape index (κ3) is 5.36. The van der Waals surface area contributed by atoms with Gasteiger partial charge in [-0.1, -0.05) is 37.9 Å². The number of aliphatic carboxylic acids is 1. The highest BCUT2D eigenvalue weighted by molar-refractivity contribution is 6.35. The summed E-state index contributed by atoms with van der Waals surface area (Å²) in [5, 5.41) is 16.0. The van der Waals surface area contributed by atoms with Crippen LogP contribution >= 0.6 is 11.6 Å². The molecule has 3 unspecified atom stereocenters. The number of fused-ring (bicyclic) bond motifs is 3. The number of halogens is 4. The van der Waals surface area contributed by atoms with Gasteiger partial charge in [-0.05, 0) is 48.1 Å². The summed E-state index contributed by atoms with van der Waals surface area (Å²) in [4.78, 5) is 41.8. The smallest absolute Gasteiger partial charge is 0.329 e. The average molecular weight is 550 g/mol. The molecule has 0 saturated carbocycles. The lowest BCUT2D eigenvalue weighted by Gasteiger charge is -2.36. The molecule has 3 atom stereocenters. The number of rotatable bonds is 8. The van der Waals surface area contributed by atoms with Crippen LogP contribution in [0.1, 0.15) is 43.5 Å². The van der Waals surface area contributed by atoms with Crippen LogP contribution in [0.3, 0.4) is 0 Å². The van der Waals surface area contributed by atoms with Gasteiger partial charge in [0.25, 0.3) is 0 Å². The normalized spacial score (nSPS) is 18.5. The zero-order chi connectivity index (χ0) is 27.8. The first-order chi connectivity index (χ1) is 17.9. The average Bonchev–Trinajstić information content (AvgIpc) is 3.21. The molecule has 202 valence electrons. The fourth-order valence-corrected chi connectivity index (χ4v) is 5.15. The van der Waals surface area contributed by atoms with E-state index in [1.54, 1.807) is 13.8 Å². The van der Waals surface area contributed by atoms with E-state index in [4.69, 9.17) is 11.6 Å². The van der Waals surface area contributed by atoms with Crippen molar-refractivity contribution >= 4 is 40.3 Å². The molecule has 11 heteroatoms. The molecule has 4 rings (SSSR count). The minimum Gasteiger partial charge on any atom is -0.479 e. The van der Waals surface area contributed by atoms with E-state index in [1.165, 1.54) is 6.07 Å². The first kappa shape index (κ1) is 27.5. The number of nitrogens with one attached hydrogen (secondary N) is 3. The van der Waals surface area contributed by atoms with Crippen molar-refractivity contribution in [2.45, 2.75) is 57.5 Å². The Morgan fingerprint density at radius 1 is 1.16 bits per heavy atom. The Morgan fingerprint density at radius 3 is 2.55 bits per heavy atom. The largest absolute Gasteiger partial charge is 0.479 e. The second-order valence-electron chi connectivity index (χ2n) is 9.79. The summed E-state index contributed by atoms with van der Waals surface area (Å²) >= 11 is 6.18. The summed E-state index contributed by atoms with van der Waals surface area (Å²) in [6.07, 6.45) is 0.245. The Kier molecular flexibility index (Phi) is 7.73. The zero-order valence-corrected chi connectivity index (χ0v) is 21.5. The highest BCUT2D eigenvalue weighted by Gasteiger charge is 2.45.